The third-order valence-electron chi connectivity index (χ3n) is 2.28. The molecule has 0 aliphatic heterocycles. The van der Waals surface area contributed by atoms with Gasteiger partial charge in [0.25, 0.3) is 0 Å². The normalized spacial score (nSPS) is 10.5. The second-order valence-corrected chi connectivity index (χ2v) is 4.69. The fourth-order valence-electron chi connectivity index (χ4n) is 1.39. The molecule has 0 aliphatic rings. The minimum absolute atomic E-state index is 0.0714. The van der Waals surface area contributed by atoms with Crippen molar-refractivity contribution in [2.75, 3.05) is 11.9 Å². The van der Waals surface area contributed by atoms with Crippen molar-refractivity contribution < 1.29 is 5.11 Å². The van der Waals surface area contributed by atoms with E-state index < -0.39 is 0 Å². The quantitative estimate of drug-likeness (QED) is 0.818. The summed E-state index contributed by atoms with van der Waals surface area (Å²) >= 11 is 2.15. The molecule has 6 nitrogen and oxygen atoms in total. The summed E-state index contributed by atoms with van der Waals surface area (Å²) in [6, 6.07) is 0. The van der Waals surface area contributed by atoms with Crippen molar-refractivity contribution in [3.63, 3.8) is 0 Å². The van der Waals surface area contributed by atoms with Gasteiger partial charge in [-0.1, -0.05) is 0 Å². The highest BCUT2D eigenvalue weighted by molar-refractivity contribution is 14.1. The van der Waals surface area contributed by atoms with Gasteiger partial charge in [-0.15, -0.1) is 0 Å². The zero-order valence-corrected chi connectivity index (χ0v) is 11.4. The molecule has 0 atom stereocenters. The van der Waals surface area contributed by atoms with Crippen molar-refractivity contribution in [3.05, 3.63) is 27.9 Å². The van der Waals surface area contributed by atoms with Crippen LogP contribution in [0.3, 0.4) is 0 Å². The maximum Gasteiger partial charge on any atom is 0.227 e. The number of anilines is 2. The molecular formula is C10H12IN5O. The molecule has 0 amide bonds. The van der Waals surface area contributed by atoms with Crippen LogP contribution < -0.4 is 5.32 Å². The number of aliphatic hydroxyl groups is 1. The van der Waals surface area contributed by atoms with E-state index in [2.05, 4.69) is 43.0 Å². The molecule has 0 saturated heterocycles. The molecule has 0 unspecified atom stereocenters. The van der Waals surface area contributed by atoms with Crippen molar-refractivity contribution in [1.29, 1.82) is 0 Å². The van der Waals surface area contributed by atoms with Gasteiger partial charge in [-0.05, 0) is 29.5 Å². The Balaban J connectivity index is 2.16. The van der Waals surface area contributed by atoms with Crippen LogP contribution in [0.1, 0.15) is 5.69 Å². The molecule has 17 heavy (non-hydrogen) atoms. The third kappa shape index (κ3) is 2.91. The Morgan fingerprint density at radius 1 is 1.35 bits per heavy atom. The van der Waals surface area contributed by atoms with Crippen molar-refractivity contribution in [2.45, 2.75) is 13.5 Å². The van der Waals surface area contributed by atoms with E-state index in [1.807, 2.05) is 6.92 Å². The number of nitrogens with one attached hydrogen (secondary N) is 1. The monoisotopic (exact) mass is 345 g/mol. The molecule has 7 heteroatoms. The Morgan fingerprint density at radius 3 is 2.71 bits per heavy atom. The molecule has 2 aromatic rings. The highest BCUT2D eigenvalue weighted by Gasteiger charge is 2.07. The predicted octanol–water partition coefficient (Wildman–Crippen LogP) is 1.32. The van der Waals surface area contributed by atoms with Crippen LogP contribution >= 0.6 is 22.6 Å². The summed E-state index contributed by atoms with van der Waals surface area (Å²) in [6.45, 7) is 2.49. The predicted molar refractivity (Wildman–Crippen MR) is 72.1 cm³/mol. The maximum absolute atomic E-state index is 8.87. The van der Waals surface area contributed by atoms with Crippen LogP contribution in [0.2, 0.25) is 0 Å². The standard InChI is InChI=1S/C10H12IN5O/c1-7-9(6-14-16(7)2-3-17)15-10-12-4-8(11)5-13-10/h4-6,17H,2-3H2,1H3,(H,12,13,15). The molecule has 0 spiro atoms. The van der Waals surface area contributed by atoms with E-state index in [1.165, 1.54) is 0 Å². The Labute approximate surface area is 112 Å². The third-order valence-corrected chi connectivity index (χ3v) is 2.84. The zero-order valence-electron chi connectivity index (χ0n) is 9.26. The number of hydrogen-bond acceptors (Lipinski definition) is 5. The first-order valence-corrected chi connectivity index (χ1v) is 6.16. The first-order valence-electron chi connectivity index (χ1n) is 5.08. The van der Waals surface area contributed by atoms with Crippen LogP contribution in [-0.2, 0) is 6.54 Å². The van der Waals surface area contributed by atoms with Gasteiger partial charge in [0.15, 0.2) is 0 Å². The lowest BCUT2D eigenvalue weighted by atomic mass is 10.4. The Morgan fingerprint density at radius 2 is 2.06 bits per heavy atom. The second kappa shape index (κ2) is 5.41. The number of halogens is 1. The highest BCUT2D eigenvalue weighted by Crippen LogP contribution is 2.17. The van der Waals surface area contributed by atoms with Crippen molar-refractivity contribution in [2.24, 2.45) is 0 Å². The molecule has 2 heterocycles. The fourth-order valence-corrected chi connectivity index (χ4v) is 1.67. The molecule has 2 N–H and O–H groups in total. The maximum atomic E-state index is 8.87. The largest absolute Gasteiger partial charge is 0.394 e. The first kappa shape index (κ1) is 12.2. The van der Waals surface area contributed by atoms with E-state index in [0.29, 0.717) is 12.5 Å². The van der Waals surface area contributed by atoms with E-state index in [4.69, 9.17) is 5.11 Å². The lowest BCUT2D eigenvalue weighted by Crippen LogP contribution is -2.06. The SMILES string of the molecule is Cc1c(Nc2ncc(I)cn2)cnn1CCO. The highest BCUT2D eigenvalue weighted by atomic mass is 127. The molecule has 0 radical (unpaired) electrons. The molecule has 0 aromatic carbocycles. The van der Waals surface area contributed by atoms with Crippen molar-refractivity contribution in [1.82, 2.24) is 19.7 Å². The minimum atomic E-state index is 0.0714. The number of aliphatic hydroxyl groups excluding tert-OH is 1. The van der Waals surface area contributed by atoms with Crippen LogP contribution in [0.5, 0.6) is 0 Å². The van der Waals surface area contributed by atoms with E-state index in [-0.39, 0.29) is 6.61 Å². The molecule has 0 aliphatic carbocycles. The van der Waals surface area contributed by atoms with E-state index in [0.717, 1.165) is 15.0 Å². The first-order chi connectivity index (χ1) is 8.20. The van der Waals surface area contributed by atoms with Crippen LogP contribution in [0.15, 0.2) is 18.6 Å². The van der Waals surface area contributed by atoms with Crippen molar-refractivity contribution >= 4 is 34.2 Å². The summed E-state index contributed by atoms with van der Waals surface area (Å²) < 4.78 is 2.72. The zero-order chi connectivity index (χ0) is 12.3. The van der Waals surface area contributed by atoms with Gasteiger partial charge in [-0.25, -0.2) is 9.97 Å². The van der Waals surface area contributed by atoms with Gasteiger partial charge in [0, 0.05) is 16.0 Å². The summed E-state index contributed by atoms with van der Waals surface area (Å²) in [4.78, 5) is 8.31. The minimum Gasteiger partial charge on any atom is -0.394 e. The summed E-state index contributed by atoms with van der Waals surface area (Å²) in [6.07, 6.45) is 5.18. The topological polar surface area (TPSA) is 75.9 Å². The second-order valence-electron chi connectivity index (χ2n) is 3.44. The fraction of sp³-hybridized carbons (Fsp3) is 0.300. The Kier molecular flexibility index (Phi) is 3.89. The molecule has 0 fully saturated rings. The molecule has 90 valence electrons. The van der Waals surface area contributed by atoms with E-state index in [1.54, 1.807) is 23.3 Å². The average Bonchev–Trinajstić information content (AvgIpc) is 2.65. The smallest absolute Gasteiger partial charge is 0.227 e. The number of aromatic nitrogens is 4. The van der Waals surface area contributed by atoms with Gasteiger partial charge < -0.3 is 10.4 Å². The lowest BCUT2D eigenvalue weighted by Gasteiger charge is -2.04. The lowest BCUT2D eigenvalue weighted by molar-refractivity contribution is 0.268. The Bertz CT molecular complexity index is 496. The van der Waals surface area contributed by atoms with E-state index in [9.17, 15) is 0 Å². The summed E-state index contributed by atoms with van der Waals surface area (Å²) in [5.41, 5.74) is 1.79. The molecular weight excluding hydrogens is 333 g/mol. The number of rotatable bonds is 4. The summed E-state index contributed by atoms with van der Waals surface area (Å²) in [7, 11) is 0. The molecule has 2 rings (SSSR count). The number of hydrogen-bond donors (Lipinski definition) is 2. The van der Waals surface area contributed by atoms with Crippen LogP contribution in [-0.4, -0.2) is 31.5 Å². The van der Waals surface area contributed by atoms with Crippen LogP contribution in [0.4, 0.5) is 11.6 Å². The van der Waals surface area contributed by atoms with Crippen LogP contribution in [0.25, 0.3) is 0 Å². The van der Waals surface area contributed by atoms with E-state index >= 15 is 0 Å². The molecule has 2 aromatic heterocycles. The van der Waals surface area contributed by atoms with Gasteiger partial charge in [-0.3, -0.25) is 4.68 Å². The van der Waals surface area contributed by atoms with Gasteiger partial charge in [0.1, 0.15) is 0 Å². The van der Waals surface area contributed by atoms with Gasteiger partial charge in [-0.2, -0.15) is 5.10 Å². The van der Waals surface area contributed by atoms with Crippen LogP contribution in [0, 0.1) is 10.5 Å². The van der Waals surface area contributed by atoms with Crippen molar-refractivity contribution in [3.8, 4) is 0 Å². The van der Waals surface area contributed by atoms with Gasteiger partial charge in [0.05, 0.1) is 30.7 Å². The number of nitrogens with zero attached hydrogens (tertiary/aromatic N) is 4. The van der Waals surface area contributed by atoms with Gasteiger partial charge >= 0.3 is 0 Å². The molecule has 0 bridgehead atoms. The van der Waals surface area contributed by atoms with Gasteiger partial charge in [0.2, 0.25) is 5.95 Å². The average molecular weight is 345 g/mol. The summed E-state index contributed by atoms with van der Waals surface area (Å²) in [5.74, 6) is 0.539. The molecule has 0 saturated carbocycles. The summed E-state index contributed by atoms with van der Waals surface area (Å²) in [5, 5.41) is 16.1. The Hall–Kier alpha value is -1.22.